The van der Waals surface area contributed by atoms with Crippen LogP contribution in [0, 0.1) is 0 Å². The van der Waals surface area contributed by atoms with Crippen molar-refractivity contribution < 1.29 is 21.1 Å². The van der Waals surface area contributed by atoms with Crippen molar-refractivity contribution in [1.82, 2.24) is 28.2 Å². The topological polar surface area (TPSA) is 73.7 Å². The van der Waals surface area contributed by atoms with Crippen molar-refractivity contribution in [3.63, 3.8) is 0 Å². The maximum Gasteiger partial charge on any atom is 2.00 e. The SMILES string of the molecule is Cn1ccnc1-n1c2c(c3ccccc31)-c1ccccc1-c1cccc(-c3c(-c4ccccc4)cccc3-c3ccccc3)c1[N-]2.Cn1ccnc1-n1c2c(c3ccccc31)-c1ccccc1-c1cccc(-c3c(-c4ccccc4)cccc3-c3ccccc3)c1[N-]2.[Pt+2]. The third-order valence-electron chi connectivity index (χ3n) is 18.2. The van der Waals surface area contributed by atoms with E-state index >= 15 is 0 Å². The Morgan fingerprint density at radius 1 is 0.258 bits per heavy atom. The molecule has 0 saturated carbocycles. The van der Waals surface area contributed by atoms with E-state index in [4.69, 9.17) is 20.6 Å². The van der Waals surface area contributed by atoms with Crippen LogP contribution in [0.3, 0.4) is 0 Å². The van der Waals surface area contributed by atoms with Crippen LogP contribution >= 0.6 is 0 Å². The monoisotopic (exact) mass is 1370 g/mol. The van der Waals surface area contributed by atoms with Gasteiger partial charge in [-0.25, -0.2) is 9.97 Å². The molecule has 18 rings (SSSR count). The first kappa shape index (κ1) is 56.6. The number of hydrogen-bond acceptors (Lipinski definition) is 2. The summed E-state index contributed by atoms with van der Waals surface area (Å²) >= 11 is 0. The molecule has 0 amide bonds. The first-order chi connectivity index (χ1) is 45.6. The van der Waals surface area contributed by atoms with Crippen molar-refractivity contribution in [2.45, 2.75) is 0 Å². The zero-order valence-electron chi connectivity index (χ0n) is 50.9. The van der Waals surface area contributed by atoms with Gasteiger partial charge in [0.2, 0.25) is 0 Å². The van der Waals surface area contributed by atoms with Gasteiger partial charge in [-0.3, -0.25) is 0 Å². The molecule has 0 N–H and O–H groups in total. The summed E-state index contributed by atoms with van der Waals surface area (Å²) in [4.78, 5) is 9.63. The molecule has 2 aliphatic heterocycles. The van der Waals surface area contributed by atoms with Crippen molar-refractivity contribution in [3.8, 4) is 123 Å². The molecule has 2 aliphatic rings. The van der Waals surface area contributed by atoms with E-state index in [9.17, 15) is 0 Å². The minimum Gasteiger partial charge on any atom is -0.434 e. The average Bonchev–Trinajstić information content (AvgIpc) is 1.58. The van der Waals surface area contributed by atoms with Crippen LogP contribution in [-0.2, 0) is 35.2 Å². The van der Waals surface area contributed by atoms with E-state index in [1.807, 2.05) is 38.9 Å². The van der Waals surface area contributed by atoms with Crippen LogP contribution in [-0.4, -0.2) is 28.2 Å². The van der Waals surface area contributed by atoms with E-state index in [1.165, 1.54) is 77.9 Å². The molecular formula is C84H58N8Pt. The van der Waals surface area contributed by atoms with Gasteiger partial charge in [-0.2, -0.15) is 0 Å². The Morgan fingerprint density at radius 2 is 0.538 bits per heavy atom. The molecule has 0 spiro atoms. The number of rotatable bonds is 8. The number of aromatic nitrogens is 6. The Kier molecular flexibility index (Phi) is 14.4. The molecule has 0 saturated heterocycles. The zero-order chi connectivity index (χ0) is 61.2. The van der Waals surface area contributed by atoms with E-state index in [0.717, 1.165) is 90.1 Å². The number of nitrogens with zero attached hydrogens (tertiary/aromatic N) is 8. The van der Waals surface area contributed by atoms with Gasteiger partial charge in [0.15, 0.2) is 0 Å². The Labute approximate surface area is 554 Å². The minimum atomic E-state index is 0. The van der Waals surface area contributed by atoms with Crippen molar-refractivity contribution in [2.75, 3.05) is 0 Å². The molecule has 0 aliphatic carbocycles. The third-order valence-corrected chi connectivity index (χ3v) is 18.2. The Balaban J connectivity index is 0.000000146. The standard InChI is InChI=1S/2C42H29N4.Pt/c2*1-45-27-26-43-42(45)46-37-25-11-10-20-35(37)39-33-19-9-8-18-32(33)34-23-13-24-36(40(34)44-41(39)46)38-30(28-14-4-2-5-15-28)21-12-22-31(38)29-16-6-3-7-17-29;/h2*2-27H,1H3;/q2*-1;+2. The summed E-state index contributed by atoms with van der Waals surface area (Å²) in [6, 6.07) is 104. The van der Waals surface area contributed by atoms with E-state index in [0.29, 0.717) is 0 Å². The number of aryl methyl sites for hydroxylation is 2. The van der Waals surface area contributed by atoms with Gasteiger partial charge in [-0.05, 0) is 156 Å². The van der Waals surface area contributed by atoms with Gasteiger partial charge in [0.1, 0.15) is 11.9 Å². The molecule has 444 valence electrons. The first-order valence-electron chi connectivity index (χ1n) is 31.2. The predicted molar refractivity (Wildman–Crippen MR) is 380 cm³/mol. The fraction of sp³-hybridized carbons (Fsp3) is 0.0238. The summed E-state index contributed by atoms with van der Waals surface area (Å²) < 4.78 is 8.55. The van der Waals surface area contributed by atoms with Crippen LogP contribution in [0.1, 0.15) is 0 Å². The predicted octanol–water partition coefficient (Wildman–Crippen LogP) is 22.7. The zero-order valence-corrected chi connectivity index (χ0v) is 53.2. The number of fused-ring (bicyclic) bond motifs is 14. The number of para-hydroxylation sites is 4. The molecule has 6 heterocycles. The van der Waals surface area contributed by atoms with Crippen molar-refractivity contribution in [3.05, 3.63) is 327 Å². The van der Waals surface area contributed by atoms with Crippen LogP contribution in [0.25, 0.3) is 156 Å². The van der Waals surface area contributed by atoms with Crippen molar-refractivity contribution in [1.29, 1.82) is 0 Å². The molecular weight excluding hydrogens is 1320 g/mol. The van der Waals surface area contributed by atoms with Gasteiger partial charge in [0, 0.05) is 38.9 Å². The van der Waals surface area contributed by atoms with Gasteiger partial charge >= 0.3 is 21.1 Å². The molecule has 0 radical (unpaired) electrons. The Hall–Kier alpha value is -11.6. The molecule has 0 bridgehead atoms. The maximum atomic E-state index is 5.71. The van der Waals surface area contributed by atoms with Gasteiger partial charge in [0.05, 0.1) is 0 Å². The Morgan fingerprint density at radius 3 is 0.871 bits per heavy atom. The normalized spacial score (nSPS) is 11.6. The number of hydrogen-bond donors (Lipinski definition) is 0. The van der Waals surface area contributed by atoms with Crippen molar-refractivity contribution in [2.24, 2.45) is 14.1 Å². The molecule has 8 nitrogen and oxygen atoms in total. The third kappa shape index (κ3) is 9.48. The molecule has 93 heavy (non-hydrogen) atoms. The smallest absolute Gasteiger partial charge is 0.434 e. The quantitative estimate of drug-likeness (QED) is 0.152. The summed E-state index contributed by atoms with van der Waals surface area (Å²) in [6.45, 7) is 0. The van der Waals surface area contributed by atoms with Crippen LogP contribution in [0.5, 0.6) is 0 Å². The number of imidazole rings is 2. The van der Waals surface area contributed by atoms with Gasteiger partial charge in [0.25, 0.3) is 0 Å². The average molecular weight is 1370 g/mol. The summed E-state index contributed by atoms with van der Waals surface area (Å²) in [6.07, 6.45) is 7.68. The maximum absolute atomic E-state index is 5.71. The van der Waals surface area contributed by atoms with Gasteiger partial charge in [-0.1, -0.05) is 291 Å². The second-order valence-electron chi connectivity index (χ2n) is 23.4. The fourth-order valence-corrected chi connectivity index (χ4v) is 14.1. The summed E-state index contributed by atoms with van der Waals surface area (Å²) in [7, 11) is 4.07. The first-order valence-corrected chi connectivity index (χ1v) is 31.2. The molecule has 0 unspecified atom stereocenters. The second kappa shape index (κ2) is 23.7. The Bertz CT molecular complexity index is 5030. The fourth-order valence-electron chi connectivity index (χ4n) is 14.1. The molecule has 16 aromatic rings. The van der Waals surface area contributed by atoms with Crippen LogP contribution in [0.4, 0.5) is 23.0 Å². The van der Waals surface area contributed by atoms with Crippen molar-refractivity contribution >= 4 is 44.8 Å². The summed E-state index contributed by atoms with van der Waals surface area (Å²) in [5.41, 5.74) is 27.1. The molecule has 0 fully saturated rings. The summed E-state index contributed by atoms with van der Waals surface area (Å²) in [5, 5.41) is 13.7. The van der Waals surface area contributed by atoms with Crippen LogP contribution in [0.15, 0.2) is 316 Å². The number of benzene rings is 12. The second-order valence-corrected chi connectivity index (χ2v) is 23.4. The summed E-state index contributed by atoms with van der Waals surface area (Å²) in [5.74, 6) is 3.42. The van der Waals surface area contributed by atoms with E-state index in [2.05, 4.69) is 309 Å². The largest absolute Gasteiger partial charge is 2.00 e. The van der Waals surface area contributed by atoms with E-state index in [-0.39, 0.29) is 21.1 Å². The molecule has 9 heteroatoms. The van der Waals surface area contributed by atoms with Crippen LogP contribution in [0.2, 0.25) is 0 Å². The van der Waals surface area contributed by atoms with Gasteiger partial charge in [-0.15, -0.1) is 0 Å². The van der Waals surface area contributed by atoms with Crippen LogP contribution < -0.4 is 0 Å². The molecule has 4 aromatic heterocycles. The molecule has 0 atom stereocenters. The minimum absolute atomic E-state index is 0. The van der Waals surface area contributed by atoms with Gasteiger partial charge < -0.3 is 28.9 Å². The van der Waals surface area contributed by atoms with E-state index < -0.39 is 0 Å². The molecule has 12 aromatic carbocycles. The van der Waals surface area contributed by atoms with E-state index in [1.54, 1.807) is 0 Å².